The van der Waals surface area contributed by atoms with Crippen LogP contribution < -0.4 is 0 Å². The first-order valence-electron chi connectivity index (χ1n) is 6.28. The lowest BCUT2D eigenvalue weighted by Gasteiger charge is -2.10. The van der Waals surface area contributed by atoms with Crippen molar-refractivity contribution >= 4 is 11.9 Å². The van der Waals surface area contributed by atoms with Crippen LogP contribution in [0.4, 0.5) is 0 Å². The highest BCUT2D eigenvalue weighted by molar-refractivity contribution is 6.12. The van der Waals surface area contributed by atoms with Crippen molar-refractivity contribution in [1.82, 2.24) is 0 Å². The van der Waals surface area contributed by atoms with E-state index in [-0.39, 0.29) is 5.76 Å². The summed E-state index contributed by atoms with van der Waals surface area (Å²) in [5.41, 5.74) is 0.302. The van der Waals surface area contributed by atoms with Crippen molar-refractivity contribution in [2.24, 2.45) is 0 Å². The molecule has 0 aliphatic rings. The molecule has 0 aromatic heterocycles. The summed E-state index contributed by atoms with van der Waals surface area (Å²) in [5, 5.41) is 38.0. The number of allylic oxidation sites excluding steroid dienone is 1. The van der Waals surface area contributed by atoms with E-state index in [1.54, 1.807) is 24.3 Å². The number of phenolic OH excluding ortho intramolecular Hbond substituents is 4. The number of rotatable bonds is 4. The number of ketones is 1. The van der Waals surface area contributed by atoms with E-state index in [9.17, 15) is 25.2 Å². The fourth-order valence-corrected chi connectivity index (χ4v) is 1.86. The van der Waals surface area contributed by atoms with Gasteiger partial charge in [0.25, 0.3) is 0 Å². The SMILES string of the molecule is COC(=Cc1ccccc1)C(=O)c1cc(O)c(O)c(O)c1O. The molecule has 6 heteroatoms. The molecule has 0 radical (unpaired) electrons. The summed E-state index contributed by atoms with van der Waals surface area (Å²) < 4.78 is 5.01. The van der Waals surface area contributed by atoms with Crippen LogP contribution in [0.3, 0.4) is 0 Å². The van der Waals surface area contributed by atoms with E-state index in [0.29, 0.717) is 5.56 Å². The van der Waals surface area contributed by atoms with Crippen LogP contribution in [0.25, 0.3) is 6.08 Å². The molecule has 0 aliphatic heterocycles. The molecule has 0 bridgehead atoms. The monoisotopic (exact) mass is 302 g/mol. The van der Waals surface area contributed by atoms with Crippen molar-refractivity contribution in [3.8, 4) is 23.0 Å². The Morgan fingerprint density at radius 2 is 1.64 bits per heavy atom. The first-order valence-corrected chi connectivity index (χ1v) is 6.28. The minimum atomic E-state index is -0.974. The minimum Gasteiger partial charge on any atom is -0.504 e. The Morgan fingerprint density at radius 1 is 1.00 bits per heavy atom. The van der Waals surface area contributed by atoms with E-state index in [4.69, 9.17) is 4.74 Å². The average Bonchev–Trinajstić information content (AvgIpc) is 2.54. The van der Waals surface area contributed by atoms with Crippen LogP contribution in [-0.2, 0) is 4.74 Å². The molecule has 0 fully saturated rings. The number of Topliss-reactive ketones (excluding diaryl/α,β-unsaturated/α-hetero) is 1. The van der Waals surface area contributed by atoms with Crippen molar-refractivity contribution in [2.45, 2.75) is 0 Å². The van der Waals surface area contributed by atoms with Gasteiger partial charge in [-0.15, -0.1) is 0 Å². The lowest BCUT2D eigenvalue weighted by molar-refractivity contribution is 0.0953. The number of aromatic hydroxyl groups is 4. The topological polar surface area (TPSA) is 107 Å². The van der Waals surface area contributed by atoms with Crippen LogP contribution in [0.1, 0.15) is 15.9 Å². The lowest BCUT2D eigenvalue weighted by atomic mass is 10.0. The maximum absolute atomic E-state index is 12.4. The summed E-state index contributed by atoms with van der Waals surface area (Å²) in [6.07, 6.45) is 1.45. The Kier molecular flexibility index (Phi) is 4.22. The van der Waals surface area contributed by atoms with Crippen molar-refractivity contribution < 1.29 is 30.0 Å². The Balaban J connectivity index is 2.48. The zero-order valence-electron chi connectivity index (χ0n) is 11.6. The van der Waals surface area contributed by atoms with Gasteiger partial charge in [-0.25, -0.2) is 0 Å². The molecule has 0 spiro atoms. The van der Waals surface area contributed by atoms with Crippen molar-refractivity contribution in [3.63, 3.8) is 0 Å². The van der Waals surface area contributed by atoms with E-state index >= 15 is 0 Å². The van der Waals surface area contributed by atoms with Gasteiger partial charge in [0.2, 0.25) is 17.3 Å². The predicted molar refractivity (Wildman–Crippen MR) is 78.9 cm³/mol. The second-order valence-electron chi connectivity index (χ2n) is 4.44. The third kappa shape index (κ3) is 2.80. The van der Waals surface area contributed by atoms with E-state index < -0.39 is 34.3 Å². The second-order valence-corrected chi connectivity index (χ2v) is 4.44. The van der Waals surface area contributed by atoms with Crippen LogP contribution in [0.15, 0.2) is 42.2 Å². The first-order chi connectivity index (χ1) is 10.5. The van der Waals surface area contributed by atoms with E-state index in [1.165, 1.54) is 13.2 Å². The fourth-order valence-electron chi connectivity index (χ4n) is 1.86. The molecular formula is C16H14O6. The zero-order valence-corrected chi connectivity index (χ0v) is 11.6. The van der Waals surface area contributed by atoms with Gasteiger partial charge in [0, 0.05) is 0 Å². The standard InChI is InChI=1S/C16H14O6/c1-22-12(7-9-5-3-2-4-6-9)13(18)10-8-11(17)15(20)16(21)14(10)19/h2-8,17,19-21H,1H3. The fraction of sp³-hybridized carbons (Fsp3) is 0.0625. The van der Waals surface area contributed by atoms with Gasteiger partial charge in [-0.05, 0) is 17.7 Å². The summed E-state index contributed by atoms with van der Waals surface area (Å²) in [7, 11) is 1.28. The number of phenols is 4. The summed E-state index contributed by atoms with van der Waals surface area (Å²) in [6, 6.07) is 9.71. The van der Waals surface area contributed by atoms with Gasteiger partial charge in [-0.2, -0.15) is 0 Å². The average molecular weight is 302 g/mol. The number of hydrogen-bond acceptors (Lipinski definition) is 6. The van der Waals surface area contributed by atoms with Crippen molar-refractivity contribution in [3.05, 3.63) is 53.3 Å². The highest BCUT2D eigenvalue weighted by atomic mass is 16.5. The number of methoxy groups -OCH3 is 1. The van der Waals surface area contributed by atoms with Crippen LogP contribution in [0, 0.1) is 0 Å². The molecule has 2 aromatic rings. The van der Waals surface area contributed by atoms with Crippen molar-refractivity contribution in [1.29, 1.82) is 0 Å². The molecule has 2 rings (SSSR count). The van der Waals surface area contributed by atoms with Gasteiger partial charge in [0.15, 0.2) is 17.3 Å². The Morgan fingerprint density at radius 3 is 2.23 bits per heavy atom. The molecule has 0 saturated heterocycles. The molecule has 2 aromatic carbocycles. The van der Waals surface area contributed by atoms with Crippen LogP contribution >= 0.6 is 0 Å². The molecule has 0 unspecified atom stereocenters. The largest absolute Gasteiger partial charge is 0.504 e. The third-order valence-electron chi connectivity index (χ3n) is 3.01. The van der Waals surface area contributed by atoms with Gasteiger partial charge in [0.05, 0.1) is 12.7 Å². The second kappa shape index (κ2) is 6.09. The molecular weight excluding hydrogens is 288 g/mol. The molecule has 4 N–H and O–H groups in total. The number of benzene rings is 2. The number of ether oxygens (including phenoxy) is 1. The highest BCUT2D eigenvalue weighted by Gasteiger charge is 2.24. The molecule has 114 valence electrons. The van der Waals surface area contributed by atoms with Gasteiger partial charge < -0.3 is 25.2 Å². The number of carbonyl (C=O) groups is 1. The Bertz CT molecular complexity index is 734. The first kappa shape index (κ1) is 15.2. The Hall–Kier alpha value is -3.15. The molecule has 0 amide bonds. The molecule has 0 saturated carbocycles. The van der Waals surface area contributed by atoms with E-state index in [2.05, 4.69) is 0 Å². The molecule has 6 nitrogen and oxygen atoms in total. The van der Waals surface area contributed by atoms with E-state index in [0.717, 1.165) is 6.07 Å². The number of hydrogen-bond donors (Lipinski definition) is 4. The normalized spacial score (nSPS) is 11.2. The maximum Gasteiger partial charge on any atom is 0.231 e. The summed E-state index contributed by atoms with van der Waals surface area (Å²) >= 11 is 0. The van der Waals surface area contributed by atoms with Gasteiger partial charge in [-0.1, -0.05) is 30.3 Å². The Labute approximate surface area is 126 Å². The lowest BCUT2D eigenvalue weighted by Crippen LogP contribution is -2.06. The van der Waals surface area contributed by atoms with E-state index in [1.807, 2.05) is 6.07 Å². The van der Waals surface area contributed by atoms with Gasteiger partial charge in [-0.3, -0.25) is 4.79 Å². The summed E-state index contributed by atoms with van der Waals surface area (Å²) in [5.74, 6) is -4.30. The highest BCUT2D eigenvalue weighted by Crippen LogP contribution is 2.44. The smallest absolute Gasteiger partial charge is 0.231 e. The van der Waals surface area contributed by atoms with Crippen molar-refractivity contribution in [2.75, 3.05) is 7.11 Å². The molecule has 22 heavy (non-hydrogen) atoms. The van der Waals surface area contributed by atoms with Crippen LogP contribution in [-0.4, -0.2) is 33.3 Å². The third-order valence-corrected chi connectivity index (χ3v) is 3.01. The maximum atomic E-state index is 12.4. The van der Waals surface area contributed by atoms with Gasteiger partial charge in [0.1, 0.15) is 0 Å². The summed E-state index contributed by atoms with van der Waals surface area (Å²) in [6.45, 7) is 0. The molecule has 0 heterocycles. The number of carbonyl (C=O) groups excluding carboxylic acids is 1. The van der Waals surface area contributed by atoms with Gasteiger partial charge >= 0.3 is 0 Å². The van der Waals surface area contributed by atoms with Crippen LogP contribution in [0.5, 0.6) is 23.0 Å². The molecule has 0 atom stereocenters. The minimum absolute atomic E-state index is 0.106. The van der Waals surface area contributed by atoms with Crippen LogP contribution in [0.2, 0.25) is 0 Å². The quantitative estimate of drug-likeness (QED) is 0.227. The predicted octanol–water partition coefficient (Wildman–Crippen LogP) is 2.38. The molecule has 0 aliphatic carbocycles. The summed E-state index contributed by atoms with van der Waals surface area (Å²) in [4.78, 5) is 12.4. The zero-order chi connectivity index (χ0) is 16.3.